The maximum atomic E-state index is 12.2. The molecule has 1 unspecified atom stereocenters. The Hall–Kier alpha value is -2.24. The van der Waals surface area contributed by atoms with Gasteiger partial charge in [0.15, 0.2) is 0 Å². The van der Waals surface area contributed by atoms with Crippen LogP contribution in [0.25, 0.3) is 0 Å². The lowest BCUT2D eigenvalue weighted by atomic mass is 9.90. The molecular weight excluding hydrogens is 284 g/mol. The first kappa shape index (κ1) is 16.1. The quantitative estimate of drug-likeness (QED) is 0.873. The summed E-state index contributed by atoms with van der Waals surface area (Å²) in [6, 6.07) is 7.30. The van der Waals surface area contributed by atoms with Crippen LogP contribution in [0.2, 0.25) is 0 Å². The van der Waals surface area contributed by atoms with E-state index in [4.69, 9.17) is 4.74 Å². The number of urea groups is 1. The number of hydrogen-bond donors (Lipinski definition) is 2. The van der Waals surface area contributed by atoms with Gasteiger partial charge in [-0.25, -0.2) is 4.79 Å². The van der Waals surface area contributed by atoms with Gasteiger partial charge in [-0.2, -0.15) is 0 Å². The standard InChI is InChI=1S/C16H22N2O4/c1-3-22-13-7-5-4-6-12(13)10-17-15(21)18-9-8-16(2,11-18)14(19)20/h4-7H,3,8-11H2,1-2H3,(H,17,21)(H,19,20). The third-order valence-corrected chi connectivity index (χ3v) is 3.98. The first-order chi connectivity index (χ1) is 10.5. The molecule has 1 aromatic rings. The highest BCUT2D eigenvalue weighted by Crippen LogP contribution is 2.30. The smallest absolute Gasteiger partial charge is 0.317 e. The molecule has 0 aromatic heterocycles. The lowest BCUT2D eigenvalue weighted by Gasteiger charge is -2.21. The van der Waals surface area contributed by atoms with E-state index in [1.54, 1.807) is 11.8 Å². The third-order valence-electron chi connectivity index (χ3n) is 3.98. The van der Waals surface area contributed by atoms with Crippen LogP contribution in [0.1, 0.15) is 25.8 Å². The molecule has 6 heteroatoms. The van der Waals surface area contributed by atoms with Gasteiger partial charge >= 0.3 is 12.0 Å². The van der Waals surface area contributed by atoms with Gasteiger partial charge in [0.05, 0.1) is 12.0 Å². The van der Waals surface area contributed by atoms with Gasteiger partial charge in [0, 0.05) is 25.2 Å². The molecule has 1 heterocycles. The summed E-state index contributed by atoms with van der Waals surface area (Å²) in [4.78, 5) is 24.9. The SMILES string of the molecule is CCOc1ccccc1CNC(=O)N1CCC(C)(C(=O)O)C1. The van der Waals surface area contributed by atoms with E-state index < -0.39 is 11.4 Å². The van der Waals surface area contributed by atoms with Gasteiger partial charge < -0.3 is 20.1 Å². The summed E-state index contributed by atoms with van der Waals surface area (Å²) < 4.78 is 5.52. The Balaban J connectivity index is 1.93. The van der Waals surface area contributed by atoms with Crippen LogP contribution in [0, 0.1) is 5.41 Å². The topological polar surface area (TPSA) is 78.9 Å². The second-order valence-electron chi connectivity index (χ2n) is 5.74. The number of carboxylic acids is 1. The number of aliphatic carboxylic acids is 1. The predicted molar refractivity (Wildman–Crippen MR) is 81.8 cm³/mol. The van der Waals surface area contributed by atoms with Crippen LogP contribution in [0.4, 0.5) is 4.79 Å². The van der Waals surface area contributed by atoms with Crippen molar-refractivity contribution in [3.05, 3.63) is 29.8 Å². The van der Waals surface area contributed by atoms with Gasteiger partial charge in [0.2, 0.25) is 0 Å². The minimum absolute atomic E-state index is 0.237. The molecule has 1 saturated heterocycles. The predicted octanol–water partition coefficient (Wildman–Crippen LogP) is 2.09. The number of amides is 2. The monoisotopic (exact) mass is 306 g/mol. The minimum atomic E-state index is -0.857. The van der Waals surface area contributed by atoms with Crippen molar-refractivity contribution in [1.29, 1.82) is 0 Å². The first-order valence-corrected chi connectivity index (χ1v) is 7.43. The average molecular weight is 306 g/mol. The van der Waals surface area contributed by atoms with Gasteiger partial charge in [-0.1, -0.05) is 18.2 Å². The zero-order valence-electron chi connectivity index (χ0n) is 13.0. The van der Waals surface area contributed by atoms with Crippen molar-refractivity contribution < 1.29 is 19.4 Å². The number of rotatable bonds is 5. The van der Waals surface area contributed by atoms with Gasteiger partial charge in [0.1, 0.15) is 5.75 Å². The van der Waals surface area contributed by atoms with E-state index in [0.717, 1.165) is 11.3 Å². The number of likely N-dealkylation sites (tertiary alicyclic amines) is 1. The van der Waals surface area contributed by atoms with Gasteiger partial charge in [-0.3, -0.25) is 4.79 Å². The third kappa shape index (κ3) is 3.50. The number of carbonyl (C=O) groups excluding carboxylic acids is 1. The van der Waals surface area contributed by atoms with Crippen LogP contribution in [-0.2, 0) is 11.3 Å². The normalized spacial score (nSPS) is 20.7. The van der Waals surface area contributed by atoms with E-state index in [1.807, 2.05) is 31.2 Å². The molecule has 6 nitrogen and oxygen atoms in total. The number of ether oxygens (including phenoxy) is 1. The van der Waals surface area contributed by atoms with Gasteiger partial charge in [-0.15, -0.1) is 0 Å². The number of hydrogen-bond acceptors (Lipinski definition) is 3. The highest BCUT2D eigenvalue weighted by atomic mass is 16.5. The summed E-state index contributed by atoms with van der Waals surface area (Å²) in [6.45, 7) is 5.20. The van der Waals surface area contributed by atoms with E-state index in [-0.39, 0.29) is 12.6 Å². The molecule has 0 saturated carbocycles. The summed E-state index contributed by atoms with van der Waals surface area (Å²) in [5.41, 5.74) is 0.0542. The van der Waals surface area contributed by atoms with Crippen molar-refractivity contribution in [3.8, 4) is 5.75 Å². The van der Waals surface area contributed by atoms with Crippen LogP contribution in [0.3, 0.4) is 0 Å². The molecule has 2 rings (SSSR count). The van der Waals surface area contributed by atoms with E-state index in [0.29, 0.717) is 26.1 Å². The Labute approximate surface area is 130 Å². The Morgan fingerprint density at radius 1 is 1.41 bits per heavy atom. The van der Waals surface area contributed by atoms with Crippen LogP contribution in [0.15, 0.2) is 24.3 Å². The summed E-state index contributed by atoms with van der Waals surface area (Å²) in [7, 11) is 0. The molecule has 2 amide bonds. The highest BCUT2D eigenvalue weighted by molar-refractivity contribution is 5.79. The van der Waals surface area contributed by atoms with Gasteiger partial charge in [0.25, 0.3) is 0 Å². The number of carbonyl (C=O) groups is 2. The first-order valence-electron chi connectivity index (χ1n) is 7.43. The lowest BCUT2D eigenvalue weighted by Crippen LogP contribution is -2.40. The summed E-state index contributed by atoms with van der Waals surface area (Å²) in [5.74, 6) is -0.105. The molecule has 0 radical (unpaired) electrons. The molecule has 0 spiro atoms. The number of benzene rings is 1. The Morgan fingerprint density at radius 3 is 2.77 bits per heavy atom. The van der Waals surface area contributed by atoms with Crippen molar-refractivity contribution in [2.75, 3.05) is 19.7 Å². The van der Waals surface area contributed by atoms with Crippen molar-refractivity contribution in [2.45, 2.75) is 26.8 Å². The summed E-state index contributed by atoms with van der Waals surface area (Å²) in [5, 5.41) is 12.0. The summed E-state index contributed by atoms with van der Waals surface area (Å²) in [6.07, 6.45) is 0.477. The molecule has 0 bridgehead atoms. The molecule has 1 atom stereocenters. The molecule has 22 heavy (non-hydrogen) atoms. The van der Waals surface area contributed by atoms with E-state index in [1.165, 1.54) is 0 Å². The van der Waals surface area contributed by atoms with Crippen molar-refractivity contribution >= 4 is 12.0 Å². The largest absolute Gasteiger partial charge is 0.494 e. The molecule has 0 aliphatic carbocycles. The fourth-order valence-electron chi connectivity index (χ4n) is 2.54. The highest BCUT2D eigenvalue weighted by Gasteiger charge is 2.42. The second-order valence-corrected chi connectivity index (χ2v) is 5.74. The zero-order valence-corrected chi connectivity index (χ0v) is 13.0. The van der Waals surface area contributed by atoms with Crippen LogP contribution < -0.4 is 10.1 Å². The fraction of sp³-hybridized carbons (Fsp3) is 0.500. The molecule has 1 aliphatic heterocycles. The Kier molecular flexibility index (Phi) is 4.90. The molecule has 120 valence electrons. The Morgan fingerprint density at radius 2 is 2.14 bits per heavy atom. The maximum Gasteiger partial charge on any atom is 0.317 e. The number of nitrogens with one attached hydrogen (secondary N) is 1. The van der Waals surface area contributed by atoms with E-state index in [2.05, 4.69) is 5.32 Å². The number of nitrogens with zero attached hydrogens (tertiary/aromatic N) is 1. The molecule has 1 fully saturated rings. The maximum absolute atomic E-state index is 12.2. The minimum Gasteiger partial charge on any atom is -0.494 e. The van der Waals surface area contributed by atoms with Gasteiger partial charge in [-0.05, 0) is 26.3 Å². The van der Waals surface area contributed by atoms with Crippen molar-refractivity contribution in [2.24, 2.45) is 5.41 Å². The number of para-hydroxylation sites is 1. The lowest BCUT2D eigenvalue weighted by molar-refractivity contribution is -0.146. The second kappa shape index (κ2) is 6.68. The van der Waals surface area contributed by atoms with Crippen LogP contribution in [0.5, 0.6) is 5.75 Å². The molecule has 1 aromatic carbocycles. The van der Waals surface area contributed by atoms with Crippen molar-refractivity contribution in [3.63, 3.8) is 0 Å². The van der Waals surface area contributed by atoms with Crippen LogP contribution in [-0.4, -0.2) is 41.7 Å². The molecule has 2 N–H and O–H groups in total. The van der Waals surface area contributed by atoms with Crippen molar-refractivity contribution in [1.82, 2.24) is 10.2 Å². The number of carboxylic acid groups (broad SMARTS) is 1. The average Bonchev–Trinajstić information content (AvgIpc) is 2.90. The van der Waals surface area contributed by atoms with Crippen LogP contribution >= 0.6 is 0 Å². The van der Waals surface area contributed by atoms with E-state index >= 15 is 0 Å². The molecular formula is C16H22N2O4. The fourth-order valence-corrected chi connectivity index (χ4v) is 2.54. The summed E-state index contributed by atoms with van der Waals surface area (Å²) >= 11 is 0. The van der Waals surface area contributed by atoms with E-state index in [9.17, 15) is 14.7 Å². The zero-order chi connectivity index (χ0) is 16.2. The Bertz CT molecular complexity index is 561. The molecule has 1 aliphatic rings.